The zero-order chi connectivity index (χ0) is 12.9. The summed E-state index contributed by atoms with van der Waals surface area (Å²) in [5.41, 5.74) is 0.127. The van der Waals surface area contributed by atoms with E-state index < -0.39 is 0 Å². The topological polar surface area (TPSA) is 44.4 Å². The fourth-order valence-corrected chi connectivity index (χ4v) is 2.48. The summed E-state index contributed by atoms with van der Waals surface area (Å²) < 4.78 is 0. The van der Waals surface area contributed by atoms with E-state index >= 15 is 0 Å². The summed E-state index contributed by atoms with van der Waals surface area (Å²) in [6, 6.07) is 0.395. The molecule has 1 atom stereocenters. The van der Waals surface area contributed by atoms with Crippen LogP contribution in [0.1, 0.15) is 33.1 Å². The summed E-state index contributed by atoms with van der Waals surface area (Å²) >= 11 is 0. The highest BCUT2D eigenvalue weighted by Gasteiger charge is 2.22. The van der Waals surface area contributed by atoms with Crippen molar-refractivity contribution in [2.45, 2.75) is 39.2 Å². The van der Waals surface area contributed by atoms with Gasteiger partial charge in [0.15, 0.2) is 0 Å². The molecule has 1 heterocycles. The Bertz CT molecular complexity index is 245. The second kappa shape index (κ2) is 6.36. The van der Waals surface area contributed by atoms with E-state index in [4.69, 9.17) is 0 Å². The Balaban J connectivity index is 2.22. The summed E-state index contributed by atoms with van der Waals surface area (Å²) in [7, 11) is 4.12. The fraction of sp³-hybridized carbons (Fsp3) is 0.923. The number of carbonyl (C=O) groups is 1. The summed E-state index contributed by atoms with van der Waals surface area (Å²) in [5, 5.41) is 6.40. The number of nitrogens with zero attached hydrogens (tertiary/aromatic N) is 1. The maximum Gasteiger partial charge on any atom is 0.221 e. The Kier molecular flexibility index (Phi) is 5.40. The minimum Gasteiger partial charge on any atom is -0.355 e. The van der Waals surface area contributed by atoms with Crippen molar-refractivity contribution < 1.29 is 4.79 Å². The zero-order valence-corrected chi connectivity index (χ0v) is 11.7. The van der Waals surface area contributed by atoms with Gasteiger partial charge in [-0.2, -0.15) is 0 Å². The molecular formula is C13H27N3O. The number of amides is 1. The first kappa shape index (κ1) is 14.5. The Morgan fingerprint density at radius 3 is 2.71 bits per heavy atom. The number of nitrogens with one attached hydrogen (secondary N) is 2. The van der Waals surface area contributed by atoms with Crippen LogP contribution in [0.15, 0.2) is 0 Å². The molecule has 1 aliphatic heterocycles. The van der Waals surface area contributed by atoms with Gasteiger partial charge in [-0.15, -0.1) is 0 Å². The van der Waals surface area contributed by atoms with Gasteiger partial charge in [0.05, 0.1) is 0 Å². The molecule has 1 saturated heterocycles. The summed E-state index contributed by atoms with van der Waals surface area (Å²) in [4.78, 5) is 13.9. The monoisotopic (exact) mass is 241 g/mol. The Labute approximate surface area is 105 Å². The normalized spacial score (nSPS) is 20.9. The first-order valence-electron chi connectivity index (χ1n) is 6.54. The summed E-state index contributed by atoms with van der Waals surface area (Å²) in [6.07, 6.45) is 2.95. The zero-order valence-electron chi connectivity index (χ0n) is 11.7. The standard InChI is InChI=1S/C13H27N3O/c1-13(2,10-16(3)4)9-15-12(17)8-11-6-5-7-14-11/h11,14H,5-10H2,1-4H3,(H,15,17). The first-order chi connectivity index (χ1) is 7.89. The Morgan fingerprint density at radius 2 is 2.18 bits per heavy atom. The second-order valence-corrected chi connectivity index (χ2v) is 6.18. The maximum absolute atomic E-state index is 11.8. The highest BCUT2D eigenvalue weighted by molar-refractivity contribution is 5.76. The van der Waals surface area contributed by atoms with Crippen LogP contribution in [-0.4, -0.2) is 50.6 Å². The molecule has 0 spiro atoms. The van der Waals surface area contributed by atoms with Gasteiger partial charge >= 0.3 is 0 Å². The molecule has 1 amide bonds. The number of hydrogen-bond acceptors (Lipinski definition) is 3. The average Bonchev–Trinajstić information content (AvgIpc) is 2.65. The van der Waals surface area contributed by atoms with Gasteiger partial charge in [-0.3, -0.25) is 4.79 Å². The van der Waals surface area contributed by atoms with Gasteiger partial charge in [-0.25, -0.2) is 0 Å². The Hall–Kier alpha value is -0.610. The van der Waals surface area contributed by atoms with Crippen molar-refractivity contribution in [3.05, 3.63) is 0 Å². The molecule has 1 rings (SSSR count). The molecule has 0 bridgehead atoms. The molecular weight excluding hydrogens is 214 g/mol. The predicted molar refractivity (Wildman–Crippen MR) is 71.0 cm³/mol. The van der Waals surface area contributed by atoms with Crippen molar-refractivity contribution in [2.24, 2.45) is 5.41 Å². The van der Waals surface area contributed by atoms with Gasteiger partial charge < -0.3 is 15.5 Å². The SMILES string of the molecule is CN(C)CC(C)(C)CNC(=O)CC1CCCN1. The summed E-state index contributed by atoms with van der Waals surface area (Å²) in [6.45, 7) is 7.15. The van der Waals surface area contributed by atoms with Crippen LogP contribution in [0.3, 0.4) is 0 Å². The van der Waals surface area contributed by atoms with Gasteiger partial charge in [0.25, 0.3) is 0 Å². The van der Waals surface area contributed by atoms with Crippen molar-refractivity contribution in [1.82, 2.24) is 15.5 Å². The van der Waals surface area contributed by atoms with Crippen LogP contribution in [0.25, 0.3) is 0 Å². The number of hydrogen-bond donors (Lipinski definition) is 2. The van der Waals surface area contributed by atoms with Gasteiger partial charge in [0.2, 0.25) is 5.91 Å². The largest absolute Gasteiger partial charge is 0.355 e. The predicted octanol–water partition coefficient (Wildman–Crippen LogP) is 0.833. The van der Waals surface area contributed by atoms with Gasteiger partial charge in [-0.1, -0.05) is 13.8 Å². The highest BCUT2D eigenvalue weighted by Crippen LogP contribution is 2.14. The molecule has 0 saturated carbocycles. The number of rotatable bonds is 6. The van der Waals surface area contributed by atoms with Gasteiger partial charge in [0, 0.05) is 25.6 Å². The van der Waals surface area contributed by atoms with Crippen LogP contribution >= 0.6 is 0 Å². The first-order valence-corrected chi connectivity index (χ1v) is 6.54. The van der Waals surface area contributed by atoms with E-state index in [-0.39, 0.29) is 11.3 Å². The average molecular weight is 241 g/mol. The molecule has 0 aromatic carbocycles. The number of carbonyl (C=O) groups excluding carboxylic acids is 1. The van der Waals surface area contributed by atoms with Crippen molar-refractivity contribution in [1.29, 1.82) is 0 Å². The smallest absolute Gasteiger partial charge is 0.221 e. The molecule has 0 aromatic heterocycles. The fourth-order valence-electron chi connectivity index (χ4n) is 2.48. The quantitative estimate of drug-likeness (QED) is 0.724. The molecule has 4 heteroatoms. The van der Waals surface area contributed by atoms with E-state index in [2.05, 4.69) is 43.5 Å². The third-order valence-electron chi connectivity index (χ3n) is 3.10. The van der Waals surface area contributed by atoms with Crippen molar-refractivity contribution in [2.75, 3.05) is 33.7 Å². The van der Waals surface area contributed by atoms with Crippen molar-refractivity contribution in [3.63, 3.8) is 0 Å². The molecule has 0 radical (unpaired) electrons. The lowest BCUT2D eigenvalue weighted by molar-refractivity contribution is -0.122. The third kappa shape index (κ3) is 6.03. The van der Waals surface area contributed by atoms with E-state index in [0.29, 0.717) is 12.5 Å². The molecule has 2 N–H and O–H groups in total. The van der Waals surface area contributed by atoms with E-state index in [1.54, 1.807) is 0 Å². The van der Waals surface area contributed by atoms with E-state index in [1.165, 1.54) is 6.42 Å². The maximum atomic E-state index is 11.8. The molecule has 0 aromatic rings. The molecule has 4 nitrogen and oxygen atoms in total. The molecule has 17 heavy (non-hydrogen) atoms. The molecule has 1 aliphatic rings. The second-order valence-electron chi connectivity index (χ2n) is 6.18. The van der Waals surface area contributed by atoms with Crippen molar-refractivity contribution in [3.8, 4) is 0 Å². The van der Waals surface area contributed by atoms with Crippen LogP contribution in [0.2, 0.25) is 0 Å². The molecule has 0 aliphatic carbocycles. The van der Waals surface area contributed by atoms with E-state index in [0.717, 1.165) is 26.1 Å². The van der Waals surface area contributed by atoms with Gasteiger partial charge in [0.1, 0.15) is 0 Å². The lowest BCUT2D eigenvalue weighted by Crippen LogP contribution is -2.41. The van der Waals surface area contributed by atoms with Crippen LogP contribution < -0.4 is 10.6 Å². The van der Waals surface area contributed by atoms with Crippen molar-refractivity contribution >= 4 is 5.91 Å². The molecule has 100 valence electrons. The third-order valence-corrected chi connectivity index (χ3v) is 3.10. The van der Waals surface area contributed by atoms with Crippen LogP contribution in [0, 0.1) is 5.41 Å². The summed E-state index contributed by atoms with van der Waals surface area (Å²) in [5.74, 6) is 0.177. The minimum atomic E-state index is 0.127. The lowest BCUT2D eigenvalue weighted by Gasteiger charge is -2.28. The molecule has 1 fully saturated rings. The van der Waals surface area contributed by atoms with Crippen LogP contribution in [0.4, 0.5) is 0 Å². The van der Waals surface area contributed by atoms with E-state index in [9.17, 15) is 4.79 Å². The van der Waals surface area contributed by atoms with Crippen LogP contribution in [-0.2, 0) is 4.79 Å². The van der Waals surface area contributed by atoms with Gasteiger partial charge in [-0.05, 0) is 38.9 Å². The highest BCUT2D eigenvalue weighted by atomic mass is 16.1. The lowest BCUT2D eigenvalue weighted by atomic mass is 9.93. The van der Waals surface area contributed by atoms with Crippen LogP contribution in [0.5, 0.6) is 0 Å². The minimum absolute atomic E-state index is 0.127. The van der Waals surface area contributed by atoms with E-state index in [1.807, 2.05) is 0 Å². The molecule has 1 unspecified atom stereocenters. The Morgan fingerprint density at radius 1 is 1.47 bits per heavy atom.